The summed E-state index contributed by atoms with van der Waals surface area (Å²) in [4.78, 5) is 22.4. The first kappa shape index (κ1) is 26.2. The lowest BCUT2D eigenvalue weighted by Gasteiger charge is -2.39. The van der Waals surface area contributed by atoms with E-state index in [0.717, 1.165) is 12.8 Å². The average molecular weight is 518 g/mol. The van der Waals surface area contributed by atoms with Crippen molar-refractivity contribution in [2.24, 2.45) is 0 Å². The van der Waals surface area contributed by atoms with Crippen LogP contribution in [0.3, 0.4) is 0 Å². The molecule has 3 aromatic rings. The van der Waals surface area contributed by atoms with E-state index < -0.39 is 29.3 Å². The minimum Gasteiger partial charge on any atom is -0.490 e. The molecule has 4 N–H and O–H groups in total. The molecule has 2 heterocycles. The van der Waals surface area contributed by atoms with Crippen molar-refractivity contribution in [3.63, 3.8) is 0 Å². The van der Waals surface area contributed by atoms with Crippen molar-refractivity contribution < 1.29 is 19.0 Å². The number of nitrogens with zero attached hydrogens (tertiary/aromatic N) is 3. The van der Waals surface area contributed by atoms with Crippen LogP contribution in [-0.2, 0) is 0 Å². The number of imidazole rings is 1. The highest BCUT2D eigenvalue weighted by atomic mass is 35.5. The van der Waals surface area contributed by atoms with E-state index in [-0.39, 0.29) is 22.4 Å². The van der Waals surface area contributed by atoms with Crippen molar-refractivity contribution in [2.75, 3.05) is 5.73 Å². The van der Waals surface area contributed by atoms with Crippen LogP contribution in [-0.4, -0.2) is 43.1 Å². The number of aliphatic hydroxyl groups is 1. The van der Waals surface area contributed by atoms with Crippen molar-refractivity contribution in [3.8, 4) is 5.75 Å². The van der Waals surface area contributed by atoms with Crippen LogP contribution in [0.15, 0.2) is 18.5 Å². The predicted octanol–water partition coefficient (Wildman–Crippen LogP) is 4.77. The zero-order valence-corrected chi connectivity index (χ0v) is 22.0. The molecule has 0 spiro atoms. The number of rotatable bonds is 6. The number of ether oxygens (including phenoxy) is 1. The largest absolute Gasteiger partial charge is 0.490 e. The molecule has 36 heavy (non-hydrogen) atoms. The Kier molecular flexibility index (Phi) is 7.16. The molecule has 1 aliphatic rings. The average Bonchev–Trinajstić information content (AvgIpc) is 3.15. The Morgan fingerprint density at radius 3 is 2.78 bits per heavy atom. The molecule has 1 amide bonds. The number of aliphatic hydroxyl groups excluding tert-OH is 1. The molecule has 8 nitrogen and oxygen atoms in total. The molecule has 4 rings (SSSR count). The number of aryl methyl sites for hydroxylation is 1. The standard InChI is InChI=1S/C26H33ClFN5O3/c1-13(2)36-22-16(14(3)24-31-15(4)21-23(29)30-10-11-33(21)24)12-17(27)20(28)19(22)25(35)32-26(5)9-7-6-8-18(26)34/h10-14,18,34H,6-9H2,1-5H3,(H2,29,30)(H,32,35)/t14-,18-,26-/m0/s1. The van der Waals surface area contributed by atoms with Gasteiger partial charge in [-0.05, 0) is 46.6 Å². The van der Waals surface area contributed by atoms with Crippen molar-refractivity contribution in [1.29, 1.82) is 0 Å². The topological polar surface area (TPSA) is 115 Å². The van der Waals surface area contributed by atoms with Gasteiger partial charge in [0.05, 0.1) is 28.5 Å². The van der Waals surface area contributed by atoms with E-state index in [0.29, 0.717) is 41.3 Å². The van der Waals surface area contributed by atoms with Gasteiger partial charge in [-0.3, -0.25) is 9.20 Å². The molecule has 1 saturated carbocycles. The predicted molar refractivity (Wildman–Crippen MR) is 137 cm³/mol. The number of amides is 1. The SMILES string of the molecule is Cc1nc([C@@H](C)c2cc(Cl)c(F)c(C(=O)N[C@@]3(C)CCCC[C@@H]3O)c2OC(C)C)n2ccnc(N)c12. The maximum absolute atomic E-state index is 15.5. The lowest BCUT2D eigenvalue weighted by atomic mass is 9.80. The molecule has 194 valence electrons. The summed E-state index contributed by atoms with van der Waals surface area (Å²) < 4.78 is 23.4. The van der Waals surface area contributed by atoms with E-state index in [1.807, 2.05) is 18.2 Å². The maximum atomic E-state index is 15.5. The highest BCUT2D eigenvalue weighted by Gasteiger charge is 2.39. The lowest BCUT2D eigenvalue weighted by Crippen LogP contribution is -2.56. The van der Waals surface area contributed by atoms with Crippen LogP contribution in [0.2, 0.25) is 5.02 Å². The molecule has 1 aliphatic carbocycles. The van der Waals surface area contributed by atoms with Crippen LogP contribution in [0, 0.1) is 12.7 Å². The van der Waals surface area contributed by atoms with Crippen molar-refractivity contribution in [3.05, 3.63) is 51.9 Å². The number of aromatic nitrogens is 3. The van der Waals surface area contributed by atoms with Crippen molar-refractivity contribution in [2.45, 2.75) is 84.0 Å². The molecule has 0 aliphatic heterocycles. The van der Waals surface area contributed by atoms with E-state index in [9.17, 15) is 9.90 Å². The lowest BCUT2D eigenvalue weighted by molar-refractivity contribution is 0.0309. The molecule has 10 heteroatoms. The van der Waals surface area contributed by atoms with Crippen LogP contribution in [0.4, 0.5) is 10.2 Å². The Balaban J connectivity index is 1.86. The first-order valence-corrected chi connectivity index (χ1v) is 12.6. The van der Waals surface area contributed by atoms with E-state index in [2.05, 4.69) is 10.3 Å². The molecule has 3 atom stereocenters. The Morgan fingerprint density at radius 1 is 1.39 bits per heavy atom. The number of halogens is 2. The number of hydrogen-bond acceptors (Lipinski definition) is 6. The van der Waals surface area contributed by atoms with Crippen LogP contribution in [0.1, 0.15) is 86.7 Å². The number of carbonyl (C=O) groups is 1. The molecule has 1 fully saturated rings. The number of nitrogen functional groups attached to an aromatic ring is 1. The normalized spacial score (nSPS) is 21.1. The van der Waals surface area contributed by atoms with Crippen LogP contribution in [0.5, 0.6) is 5.75 Å². The van der Waals surface area contributed by atoms with Gasteiger partial charge in [-0.15, -0.1) is 0 Å². The Hall–Kier alpha value is -2.91. The van der Waals surface area contributed by atoms with Gasteiger partial charge in [-0.1, -0.05) is 31.4 Å². The monoisotopic (exact) mass is 517 g/mol. The van der Waals surface area contributed by atoms with E-state index in [1.165, 1.54) is 6.07 Å². The number of anilines is 1. The second-order valence-corrected chi connectivity index (χ2v) is 10.5. The van der Waals surface area contributed by atoms with Crippen LogP contribution >= 0.6 is 11.6 Å². The molecule has 0 unspecified atom stereocenters. The van der Waals surface area contributed by atoms with Crippen LogP contribution in [0.25, 0.3) is 5.52 Å². The number of nitrogens with one attached hydrogen (secondary N) is 1. The first-order chi connectivity index (χ1) is 16.9. The number of carbonyl (C=O) groups excluding carboxylic acids is 1. The van der Waals surface area contributed by atoms with Gasteiger partial charge < -0.3 is 20.9 Å². The molecule has 0 bridgehead atoms. The van der Waals surface area contributed by atoms with Gasteiger partial charge in [0, 0.05) is 23.9 Å². The van der Waals surface area contributed by atoms with Crippen molar-refractivity contribution >= 4 is 28.8 Å². The zero-order chi connectivity index (χ0) is 26.4. The quantitative estimate of drug-likeness (QED) is 0.433. The third-order valence-corrected chi connectivity index (χ3v) is 7.25. The number of fused-ring (bicyclic) bond motifs is 1. The smallest absolute Gasteiger partial charge is 0.258 e. The minimum absolute atomic E-state index is 0.0993. The summed E-state index contributed by atoms with van der Waals surface area (Å²) in [5.74, 6) is -0.929. The number of benzene rings is 1. The highest BCUT2D eigenvalue weighted by molar-refractivity contribution is 6.31. The number of hydrogen-bond donors (Lipinski definition) is 3. The summed E-state index contributed by atoms with van der Waals surface area (Å²) in [5.41, 5.74) is 6.80. The second-order valence-electron chi connectivity index (χ2n) is 10.1. The van der Waals surface area contributed by atoms with Gasteiger partial charge in [0.15, 0.2) is 5.82 Å². The fourth-order valence-electron chi connectivity index (χ4n) is 5.01. The van der Waals surface area contributed by atoms with Gasteiger partial charge in [0.2, 0.25) is 0 Å². The summed E-state index contributed by atoms with van der Waals surface area (Å²) >= 11 is 6.34. The summed E-state index contributed by atoms with van der Waals surface area (Å²) in [6.45, 7) is 9.10. The highest BCUT2D eigenvalue weighted by Crippen LogP contribution is 2.40. The fraction of sp³-hybridized carbons (Fsp3) is 0.500. The van der Waals surface area contributed by atoms with Gasteiger partial charge >= 0.3 is 0 Å². The summed E-state index contributed by atoms with van der Waals surface area (Å²) in [6.07, 6.45) is 5.13. The van der Waals surface area contributed by atoms with E-state index in [4.69, 9.17) is 27.1 Å². The summed E-state index contributed by atoms with van der Waals surface area (Å²) in [5, 5.41) is 13.3. The molecule has 0 saturated heterocycles. The Morgan fingerprint density at radius 2 is 2.11 bits per heavy atom. The van der Waals surface area contributed by atoms with Gasteiger partial charge in [-0.25, -0.2) is 14.4 Å². The molecular weight excluding hydrogens is 485 g/mol. The van der Waals surface area contributed by atoms with Gasteiger partial charge in [0.1, 0.15) is 28.5 Å². The molecule has 2 aromatic heterocycles. The zero-order valence-electron chi connectivity index (χ0n) is 21.2. The van der Waals surface area contributed by atoms with E-state index in [1.54, 1.807) is 33.2 Å². The van der Waals surface area contributed by atoms with Crippen LogP contribution < -0.4 is 15.8 Å². The number of nitrogens with two attached hydrogens (primary N) is 1. The maximum Gasteiger partial charge on any atom is 0.258 e. The third-order valence-electron chi connectivity index (χ3n) is 6.98. The Labute approximate surface area is 215 Å². The van der Waals surface area contributed by atoms with E-state index >= 15 is 4.39 Å². The molecular formula is C26H33ClFN5O3. The Bertz CT molecular complexity index is 1310. The van der Waals surface area contributed by atoms with Gasteiger partial charge in [-0.2, -0.15) is 0 Å². The van der Waals surface area contributed by atoms with Gasteiger partial charge in [0.25, 0.3) is 5.91 Å². The molecule has 1 aromatic carbocycles. The summed E-state index contributed by atoms with van der Waals surface area (Å²) in [7, 11) is 0. The molecule has 0 radical (unpaired) electrons. The minimum atomic E-state index is -0.883. The fourth-order valence-corrected chi connectivity index (χ4v) is 5.22. The first-order valence-electron chi connectivity index (χ1n) is 12.2. The second kappa shape index (κ2) is 9.86. The van der Waals surface area contributed by atoms with Crippen molar-refractivity contribution in [1.82, 2.24) is 19.7 Å². The third kappa shape index (κ3) is 4.62. The summed E-state index contributed by atoms with van der Waals surface area (Å²) in [6, 6.07) is 1.48.